The second-order valence-corrected chi connectivity index (χ2v) is 8.41. The first kappa shape index (κ1) is 23.3. The van der Waals surface area contributed by atoms with Crippen LogP contribution in [0.1, 0.15) is 26.5 Å². The van der Waals surface area contributed by atoms with Gasteiger partial charge in [-0.05, 0) is 50.8 Å². The van der Waals surface area contributed by atoms with E-state index >= 15 is 0 Å². The van der Waals surface area contributed by atoms with Crippen molar-refractivity contribution in [3.8, 4) is 11.1 Å². The molecule has 30 heavy (non-hydrogen) atoms. The van der Waals surface area contributed by atoms with Gasteiger partial charge in [0, 0.05) is 12.1 Å². The van der Waals surface area contributed by atoms with Crippen LogP contribution in [-0.2, 0) is 15.9 Å². The van der Waals surface area contributed by atoms with E-state index in [-0.39, 0.29) is 10.9 Å². The maximum absolute atomic E-state index is 12.3. The molecular formula is C20H26N4O5S. The summed E-state index contributed by atoms with van der Waals surface area (Å²) in [5.74, 6) is 0. The highest BCUT2D eigenvalue weighted by Crippen LogP contribution is 2.20. The lowest BCUT2D eigenvalue weighted by molar-refractivity contribution is 0.0522. The minimum absolute atomic E-state index is 0.280. The molecule has 1 unspecified atom stereocenters. The number of nitrogens with zero attached hydrogens (tertiary/aromatic N) is 1. The molecule has 0 saturated heterocycles. The number of methoxy groups -OCH3 is 1. The van der Waals surface area contributed by atoms with Crippen LogP contribution < -0.4 is 16.2 Å². The second-order valence-electron chi connectivity index (χ2n) is 7.37. The topological polar surface area (TPSA) is 122 Å². The first-order chi connectivity index (χ1) is 14.1. The highest BCUT2D eigenvalue weighted by molar-refractivity contribution is 7.99. The number of aromatic nitrogens is 2. The van der Waals surface area contributed by atoms with E-state index in [1.165, 1.54) is 18.9 Å². The molecule has 0 saturated carbocycles. The number of amides is 2. The van der Waals surface area contributed by atoms with E-state index in [1.807, 2.05) is 6.26 Å². The number of carbonyl (C=O) groups is 2. The van der Waals surface area contributed by atoms with Gasteiger partial charge >= 0.3 is 12.2 Å². The number of rotatable bonds is 6. The smallest absolute Gasteiger partial charge is 0.411 e. The Morgan fingerprint density at radius 2 is 1.87 bits per heavy atom. The first-order valence-electron chi connectivity index (χ1n) is 9.17. The number of thioether (sulfide) groups is 1. The third-order valence-corrected chi connectivity index (χ3v) is 4.69. The predicted molar refractivity (Wildman–Crippen MR) is 117 cm³/mol. The van der Waals surface area contributed by atoms with Crippen LogP contribution in [-0.4, -0.2) is 46.7 Å². The molecule has 1 aromatic carbocycles. The summed E-state index contributed by atoms with van der Waals surface area (Å²) in [4.78, 5) is 35.6. The molecule has 9 nitrogen and oxygen atoms in total. The SMILES string of the molecule is COC(=O)Nc1ccc(-c2cc(CC(NC(=O)OC(C)(C)C)SC)n[nH]c2=O)cc1. The zero-order chi connectivity index (χ0) is 22.3. The summed E-state index contributed by atoms with van der Waals surface area (Å²) in [6, 6.07) is 8.44. The molecule has 0 aliphatic heterocycles. The third kappa shape index (κ3) is 7.11. The number of anilines is 1. The minimum Gasteiger partial charge on any atom is -0.453 e. The zero-order valence-electron chi connectivity index (χ0n) is 17.6. The highest BCUT2D eigenvalue weighted by Gasteiger charge is 2.20. The molecule has 0 bridgehead atoms. The van der Waals surface area contributed by atoms with Crippen molar-refractivity contribution in [1.82, 2.24) is 15.5 Å². The molecule has 1 aromatic heterocycles. The number of hydrogen-bond acceptors (Lipinski definition) is 7. The molecule has 162 valence electrons. The highest BCUT2D eigenvalue weighted by atomic mass is 32.2. The summed E-state index contributed by atoms with van der Waals surface area (Å²) in [7, 11) is 1.28. The van der Waals surface area contributed by atoms with Crippen molar-refractivity contribution < 1.29 is 19.1 Å². The molecular weight excluding hydrogens is 408 g/mol. The molecule has 0 radical (unpaired) electrons. The number of carbonyl (C=O) groups excluding carboxylic acids is 2. The summed E-state index contributed by atoms with van der Waals surface area (Å²) < 4.78 is 9.84. The van der Waals surface area contributed by atoms with Crippen LogP contribution in [0, 0.1) is 0 Å². The maximum Gasteiger partial charge on any atom is 0.411 e. The van der Waals surface area contributed by atoms with Crippen molar-refractivity contribution in [3.05, 3.63) is 46.4 Å². The Morgan fingerprint density at radius 3 is 2.43 bits per heavy atom. The summed E-state index contributed by atoms with van der Waals surface area (Å²) >= 11 is 1.44. The average Bonchev–Trinajstić information content (AvgIpc) is 2.68. The van der Waals surface area contributed by atoms with Crippen molar-refractivity contribution >= 4 is 29.6 Å². The Bertz CT molecular complexity index is 937. The van der Waals surface area contributed by atoms with Crippen molar-refractivity contribution in [3.63, 3.8) is 0 Å². The molecule has 1 atom stereocenters. The van der Waals surface area contributed by atoms with Crippen LogP contribution in [0.5, 0.6) is 0 Å². The first-order valence-corrected chi connectivity index (χ1v) is 10.5. The van der Waals surface area contributed by atoms with E-state index in [0.717, 1.165) is 0 Å². The van der Waals surface area contributed by atoms with Crippen LogP contribution in [0.25, 0.3) is 11.1 Å². The van der Waals surface area contributed by atoms with Crippen LogP contribution in [0.4, 0.5) is 15.3 Å². The molecule has 2 amide bonds. The van der Waals surface area contributed by atoms with Crippen LogP contribution in [0.15, 0.2) is 35.1 Å². The Kier molecular flexibility index (Phi) is 7.87. The minimum atomic E-state index is -0.592. The third-order valence-electron chi connectivity index (χ3n) is 3.84. The largest absolute Gasteiger partial charge is 0.453 e. The van der Waals surface area contributed by atoms with Gasteiger partial charge in [-0.1, -0.05) is 12.1 Å². The van der Waals surface area contributed by atoms with Gasteiger partial charge in [-0.25, -0.2) is 14.7 Å². The number of hydrogen-bond donors (Lipinski definition) is 3. The molecule has 0 aliphatic carbocycles. The summed E-state index contributed by atoms with van der Waals surface area (Å²) in [6.07, 6.45) is 1.17. The zero-order valence-corrected chi connectivity index (χ0v) is 18.4. The van der Waals surface area contributed by atoms with E-state index in [2.05, 4.69) is 25.6 Å². The molecule has 3 N–H and O–H groups in total. The van der Waals surface area contributed by atoms with Gasteiger partial charge in [-0.2, -0.15) is 5.10 Å². The standard InChI is InChI=1S/C20H26N4O5S/c1-20(2,3)29-19(27)22-16(30-5)11-14-10-15(17(25)24-23-14)12-6-8-13(9-7-12)21-18(26)28-4/h6-10,16H,11H2,1-5H3,(H,21,26)(H,22,27)(H,24,25). The number of H-pyrrole nitrogens is 1. The Balaban J connectivity index is 2.15. The summed E-state index contributed by atoms with van der Waals surface area (Å²) in [6.45, 7) is 5.38. The molecule has 2 rings (SSSR count). The fourth-order valence-electron chi connectivity index (χ4n) is 2.49. The van der Waals surface area contributed by atoms with Crippen molar-refractivity contribution in [2.45, 2.75) is 38.2 Å². The van der Waals surface area contributed by atoms with Gasteiger partial charge in [-0.15, -0.1) is 11.8 Å². The lowest BCUT2D eigenvalue weighted by atomic mass is 10.1. The molecule has 2 aromatic rings. The molecule has 0 fully saturated rings. The lowest BCUT2D eigenvalue weighted by Crippen LogP contribution is -2.38. The van der Waals surface area contributed by atoms with Gasteiger partial charge in [-0.3, -0.25) is 10.1 Å². The summed E-state index contributed by atoms with van der Waals surface area (Å²) in [5, 5.41) is 11.6. The fraction of sp³-hybridized carbons (Fsp3) is 0.400. The van der Waals surface area contributed by atoms with Gasteiger partial charge < -0.3 is 14.8 Å². The Hall–Kier alpha value is -3.01. The quantitative estimate of drug-likeness (QED) is 0.596. The molecule has 0 aliphatic rings. The summed E-state index contributed by atoms with van der Waals surface area (Å²) in [5.41, 5.74) is 1.31. The van der Waals surface area contributed by atoms with Crippen LogP contribution >= 0.6 is 11.8 Å². The Morgan fingerprint density at radius 1 is 1.20 bits per heavy atom. The monoisotopic (exact) mass is 434 g/mol. The molecule has 1 heterocycles. The van der Waals surface area contributed by atoms with Crippen molar-refractivity contribution in [2.75, 3.05) is 18.7 Å². The number of nitrogens with one attached hydrogen (secondary N) is 3. The van der Waals surface area contributed by atoms with E-state index in [1.54, 1.807) is 51.1 Å². The normalized spacial score (nSPS) is 12.0. The van der Waals surface area contributed by atoms with Gasteiger partial charge in [0.15, 0.2) is 0 Å². The molecule has 10 heteroatoms. The average molecular weight is 435 g/mol. The van der Waals surface area contributed by atoms with Gasteiger partial charge in [0.2, 0.25) is 0 Å². The second kappa shape index (κ2) is 10.1. The van der Waals surface area contributed by atoms with Crippen LogP contribution in [0.2, 0.25) is 0 Å². The van der Waals surface area contributed by atoms with Crippen LogP contribution in [0.3, 0.4) is 0 Å². The maximum atomic E-state index is 12.3. The van der Waals surface area contributed by atoms with Gasteiger partial charge in [0.25, 0.3) is 5.56 Å². The van der Waals surface area contributed by atoms with Crippen molar-refractivity contribution in [2.24, 2.45) is 0 Å². The fourth-order valence-corrected chi connectivity index (χ4v) is 3.04. The number of ether oxygens (including phenoxy) is 2. The van der Waals surface area contributed by atoms with Gasteiger partial charge in [0.1, 0.15) is 5.60 Å². The van der Waals surface area contributed by atoms with E-state index in [4.69, 9.17) is 4.74 Å². The Labute approximate surface area is 178 Å². The number of alkyl carbamates (subject to hydrolysis) is 1. The lowest BCUT2D eigenvalue weighted by Gasteiger charge is -2.22. The van der Waals surface area contributed by atoms with Gasteiger partial charge in [0.05, 0.1) is 23.7 Å². The number of benzene rings is 1. The van der Waals surface area contributed by atoms with Crippen molar-refractivity contribution in [1.29, 1.82) is 0 Å². The molecule has 0 spiro atoms. The predicted octanol–water partition coefficient (Wildman–Crippen LogP) is 3.37. The van der Waals surface area contributed by atoms with E-state index in [0.29, 0.717) is 28.9 Å². The van der Waals surface area contributed by atoms with E-state index < -0.39 is 17.8 Å². The number of aromatic amines is 1. The van der Waals surface area contributed by atoms with E-state index in [9.17, 15) is 14.4 Å².